The number of hydrogen-bond donors (Lipinski definition) is 0. The van der Waals surface area contributed by atoms with Crippen LogP contribution >= 0.6 is 0 Å². The van der Waals surface area contributed by atoms with E-state index in [1.54, 1.807) is 6.42 Å². The zero-order valence-electron chi connectivity index (χ0n) is 20.1. The summed E-state index contributed by atoms with van der Waals surface area (Å²) in [5.74, 6) is 5.94. The topological polar surface area (TPSA) is 0 Å². The van der Waals surface area contributed by atoms with Crippen LogP contribution in [-0.2, 0) is 0 Å². The van der Waals surface area contributed by atoms with Gasteiger partial charge in [0.15, 0.2) is 0 Å². The van der Waals surface area contributed by atoms with Gasteiger partial charge in [-0.3, -0.25) is 0 Å². The fourth-order valence-corrected chi connectivity index (χ4v) is 4.92. The van der Waals surface area contributed by atoms with Crippen molar-refractivity contribution in [2.45, 2.75) is 138 Å². The molecule has 0 aromatic heterocycles. The summed E-state index contributed by atoms with van der Waals surface area (Å²) in [5, 5.41) is 0. The van der Waals surface area contributed by atoms with Gasteiger partial charge in [0.1, 0.15) is 0 Å². The Morgan fingerprint density at radius 3 is 1.74 bits per heavy atom. The van der Waals surface area contributed by atoms with Gasteiger partial charge in [0, 0.05) is 0 Å². The molecule has 0 aliphatic heterocycles. The van der Waals surface area contributed by atoms with Gasteiger partial charge in [0.05, 0.1) is 0 Å². The highest BCUT2D eigenvalue weighted by Gasteiger charge is 2.35. The predicted octanol–water partition coefficient (Wildman–Crippen LogP) is 9.67. The first-order valence-corrected chi connectivity index (χ1v) is 12.9. The van der Waals surface area contributed by atoms with Crippen LogP contribution in [0, 0.1) is 35.5 Å². The number of unbranched alkanes of at least 4 members (excludes halogenated alkanes) is 3. The minimum atomic E-state index is 0.886. The Hall–Kier alpha value is 0. The van der Waals surface area contributed by atoms with E-state index in [1.807, 2.05) is 0 Å². The van der Waals surface area contributed by atoms with Crippen molar-refractivity contribution in [3.8, 4) is 0 Å². The third-order valence-electron chi connectivity index (χ3n) is 7.54. The van der Waals surface area contributed by atoms with Crippen LogP contribution in [0.4, 0.5) is 0 Å². The molecule has 1 aliphatic carbocycles. The maximum Gasteiger partial charge on any atom is -0.0383 e. The monoisotopic (exact) mass is 378 g/mol. The SMILES string of the molecule is CCCCCC(C)C(C)CCCCC1CC1CCCC(C)CCCC(C)C. The summed E-state index contributed by atoms with van der Waals surface area (Å²) in [5.41, 5.74) is 0. The van der Waals surface area contributed by atoms with Crippen molar-refractivity contribution in [3.63, 3.8) is 0 Å². The molecule has 0 bridgehead atoms. The normalized spacial score (nSPS) is 22.8. The molecule has 0 radical (unpaired) electrons. The Balaban J connectivity index is 1.93. The summed E-state index contributed by atoms with van der Waals surface area (Å²) in [6, 6.07) is 0. The minimum absolute atomic E-state index is 0.886. The van der Waals surface area contributed by atoms with Crippen LogP contribution < -0.4 is 0 Å². The molecule has 0 aromatic carbocycles. The third-order valence-corrected chi connectivity index (χ3v) is 7.54. The first-order valence-electron chi connectivity index (χ1n) is 12.9. The van der Waals surface area contributed by atoms with Crippen molar-refractivity contribution in [2.24, 2.45) is 35.5 Å². The summed E-state index contributed by atoms with van der Waals surface area (Å²) in [6.45, 7) is 14.5. The predicted molar refractivity (Wildman–Crippen MR) is 124 cm³/mol. The maximum atomic E-state index is 2.50. The molecule has 0 heterocycles. The largest absolute Gasteiger partial charge is 0.0654 e. The van der Waals surface area contributed by atoms with Crippen molar-refractivity contribution in [2.75, 3.05) is 0 Å². The fraction of sp³-hybridized carbons (Fsp3) is 1.00. The van der Waals surface area contributed by atoms with Gasteiger partial charge in [-0.15, -0.1) is 0 Å². The molecule has 0 aromatic rings. The molecular formula is C27H54. The molecule has 0 nitrogen and oxygen atoms in total. The molecule has 0 N–H and O–H groups in total. The first-order chi connectivity index (χ1) is 12.9. The summed E-state index contributed by atoms with van der Waals surface area (Å²) >= 11 is 0. The highest BCUT2D eigenvalue weighted by atomic mass is 14.4. The molecule has 1 saturated carbocycles. The van der Waals surface area contributed by atoms with Crippen molar-refractivity contribution in [1.29, 1.82) is 0 Å². The van der Waals surface area contributed by atoms with Crippen LogP contribution in [-0.4, -0.2) is 0 Å². The van der Waals surface area contributed by atoms with Crippen molar-refractivity contribution < 1.29 is 0 Å². The number of hydrogen-bond acceptors (Lipinski definition) is 0. The van der Waals surface area contributed by atoms with E-state index in [0.717, 1.165) is 35.5 Å². The van der Waals surface area contributed by atoms with E-state index in [4.69, 9.17) is 0 Å². The lowest BCUT2D eigenvalue weighted by atomic mass is 9.87. The zero-order chi connectivity index (χ0) is 20.1. The van der Waals surface area contributed by atoms with E-state index in [1.165, 1.54) is 89.9 Å². The zero-order valence-corrected chi connectivity index (χ0v) is 20.1. The lowest BCUT2D eigenvalue weighted by molar-refractivity contribution is 0.322. The summed E-state index contributed by atoms with van der Waals surface area (Å²) in [7, 11) is 0. The van der Waals surface area contributed by atoms with Gasteiger partial charge in [-0.05, 0) is 41.9 Å². The Morgan fingerprint density at radius 1 is 0.593 bits per heavy atom. The van der Waals surface area contributed by atoms with Crippen LogP contribution in [0.3, 0.4) is 0 Å². The molecule has 0 spiro atoms. The van der Waals surface area contributed by atoms with E-state index >= 15 is 0 Å². The Morgan fingerprint density at radius 2 is 1.15 bits per heavy atom. The molecule has 5 atom stereocenters. The summed E-state index contributed by atoms with van der Waals surface area (Å²) in [4.78, 5) is 0. The molecule has 1 fully saturated rings. The Kier molecular flexibility index (Phi) is 13.8. The van der Waals surface area contributed by atoms with Crippen LogP contribution in [0.5, 0.6) is 0 Å². The number of rotatable bonds is 18. The van der Waals surface area contributed by atoms with Gasteiger partial charge >= 0.3 is 0 Å². The van der Waals surface area contributed by atoms with E-state index in [9.17, 15) is 0 Å². The second kappa shape index (κ2) is 14.9. The summed E-state index contributed by atoms with van der Waals surface area (Å²) < 4.78 is 0. The van der Waals surface area contributed by atoms with Gasteiger partial charge in [-0.2, -0.15) is 0 Å². The van der Waals surface area contributed by atoms with Crippen LogP contribution in [0.15, 0.2) is 0 Å². The molecule has 0 heteroatoms. The minimum Gasteiger partial charge on any atom is -0.0654 e. The standard InChI is InChI=1S/C27H54/c1-7-8-9-17-24(5)25(6)18-10-11-19-26-21-27(26)20-13-16-23(4)15-12-14-22(2)3/h22-27H,7-21H2,1-6H3. The second-order valence-corrected chi connectivity index (χ2v) is 10.9. The van der Waals surface area contributed by atoms with Gasteiger partial charge in [0.2, 0.25) is 0 Å². The molecule has 0 amide bonds. The molecule has 27 heavy (non-hydrogen) atoms. The van der Waals surface area contributed by atoms with E-state index < -0.39 is 0 Å². The molecule has 1 aliphatic rings. The van der Waals surface area contributed by atoms with Gasteiger partial charge < -0.3 is 0 Å². The molecular weight excluding hydrogens is 324 g/mol. The highest BCUT2D eigenvalue weighted by Crippen LogP contribution is 2.46. The third kappa shape index (κ3) is 13.0. The molecule has 162 valence electrons. The smallest absolute Gasteiger partial charge is 0.0383 e. The second-order valence-electron chi connectivity index (χ2n) is 10.9. The van der Waals surface area contributed by atoms with Crippen LogP contribution in [0.25, 0.3) is 0 Å². The molecule has 5 unspecified atom stereocenters. The van der Waals surface area contributed by atoms with Gasteiger partial charge in [-0.1, -0.05) is 131 Å². The van der Waals surface area contributed by atoms with Gasteiger partial charge in [0.25, 0.3) is 0 Å². The Bertz CT molecular complexity index is 331. The average molecular weight is 379 g/mol. The van der Waals surface area contributed by atoms with E-state index in [2.05, 4.69) is 41.5 Å². The van der Waals surface area contributed by atoms with E-state index in [-0.39, 0.29) is 0 Å². The molecule has 0 saturated heterocycles. The van der Waals surface area contributed by atoms with Crippen LogP contribution in [0.2, 0.25) is 0 Å². The van der Waals surface area contributed by atoms with Crippen molar-refractivity contribution >= 4 is 0 Å². The lowest BCUT2D eigenvalue weighted by Gasteiger charge is -2.19. The quantitative estimate of drug-likeness (QED) is 0.208. The van der Waals surface area contributed by atoms with Crippen molar-refractivity contribution in [1.82, 2.24) is 0 Å². The van der Waals surface area contributed by atoms with E-state index in [0.29, 0.717) is 0 Å². The lowest BCUT2D eigenvalue weighted by Crippen LogP contribution is -2.08. The van der Waals surface area contributed by atoms with Gasteiger partial charge in [-0.25, -0.2) is 0 Å². The Labute approximate surface area is 173 Å². The summed E-state index contributed by atoms with van der Waals surface area (Å²) in [6.07, 6.45) is 22.1. The molecule has 1 rings (SSSR count). The average Bonchev–Trinajstić information content (AvgIpc) is 3.36. The van der Waals surface area contributed by atoms with Crippen molar-refractivity contribution in [3.05, 3.63) is 0 Å². The van der Waals surface area contributed by atoms with Crippen LogP contribution in [0.1, 0.15) is 138 Å². The fourth-order valence-electron chi connectivity index (χ4n) is 4.92. The first kappa shape index (κ1) is 25.0. The highest BCUT2D eigenvalue weighted by molar-refractivity contribution is 4.86. The maximum absolute atomic E-state index is 2.50.